The average molecular weight is 278 g/mol. The molecule has 0 aliphatic carbocycles. The van der Waals surface area contributed by atoms with Crippen molar-refractivity contribution in [1.82, 2.24) is 20.4 Å². The molecule has 2 N–H and O–H groups in total. The molecule has 0 bridgehead atoms. The third-order valence-corrected chi connectivity index (χ3v) is 4.16. The Labute approximate surface area is 121 Å². The Morgan fingerprint density at radius 3 is 2.85 bits per heavy atom. The molecule has 1 aromatic rings. The number of hydrogen-bond acceptors (Lipinski definition) is 3. The number of nitrogens with zero attached hydrogens (tertiary/aromatic N) is 2. The number of carbonyl (C=O) groups is 1. The molecular weight excluding hydrogens is 252 g/mol. The average Bonchev–Trinajstić information content (AvgIpc) is 2.56. The Hall–Kier alpha value is -1.36. The molecule has 1 aliphatic rings. The molecule has 1 fully saturated rings. The van der Waals surface area contributed by atoms with E-state index in [1.54, 1.807) is 0 Å². The van der Waals surface area contributed by atoms with Gasteiger partial charge in [0.1, 0.15) is 0 Å². The summed E-state index contributed by atoms with van der Waals surface area (Å²) in [5, 5.41) is 11.0. The lowest BCUT2D eigenvalue weighted by Gasteiger charge is -2.21. The fourth-order valence-corrected chi connectivity index (χ4v) is 3.13. The van der Waals surface area contributed by atoms with Gasteiger partial charge in [-0.1, -0.05) is 0 Å². The van der Waals surface area contributed by atoms with Crippen LogP contribution in [0, 0.1) is 13.8 Å². The van der Waals surface area contributed by atoms with E-state index in [-0.39, 0.29) is 18.0 Å². The van der Waals surface area contributed by atoms with Crippen molar-refractivity contribution < 1.29 is 4.79 Å². The van der Waals surface area contributed by atoms with Crippen LogP contribution in [0.1, 0.15) is 56.1 Å². The molecule has 2 rings (SSSR count). The van der Waals surface area contributed by atoms with Crippen LogP contribution < -0.4 is 10.6 Å². The molecule has 5 heteroatoms. The zero-order chi connectivity index (χ0) is 14.7. The van der Waals surface area contributed by atoms with Crippen LogP contribution >= 0.6 is 0 Å². The monoisotopic (exact) mass is 278 g/mol. The molecule has 0 saturated carbocycles. The molecule has 0 radical (unpaired) electrons. The summed E-state index contributed by atoms with van der Waals surface area (Å²) < 4.78 is 2.02. The smallest absolute Gasteiger partial charge is 0.237 e. The van der Waals surface area contributed by atoms with E-state index in [0.29, 0.717) is 0 Å². The second kappa shape index (κ2) is 6.39. The Morgan fingerprint density at radius 1 is 1.45 bits per heavy atom. The van der Waals surface area contributed by atoms with Crippen LogP contribution in [0.15, 0.2) is 0 Å². The molecule has 0 spiro atoms. The van der Waals surface area contributed by atoms with Gasteiger partial charge in [-0.3, -0.25) is 14.8 Å². The normalized spacial score (nSPS) is 21.4. The number of hydrogen-bond donors (Lipinski definition) is 2. The largest absolute Gasteiger partial charge is 0.355 e. The number of aromatic nitrogens is 2. The number of rotatable bonds is 4. The highest BCUT2D eigenvalue weighted by molar-refractivity contribution is 5.81. The quantitative estimate of drug-likeness (QED) is 0.883. The molecule has 2 heterocycles. The van der Waals surface area contributed by atoms with Crippen LogP contribution in [0.2, 0.25) is 0 Å². The van der Waals surface area contributed by atoms with Gasteiger partial charge in [-0.25, -0.2) is 0 Å². The van der Waals surface area contributed by atoms with Gasteiger partial charge >= 0.3 is 0 Å². The number of aryl methyl sites for hydroxylation is 2. The van der Waals surface area contributed by atoms with Crippen molar-refractivity contribution in [3.8, 4) is 0 Å². The van der Waals surface area contributed by atoms with Gasteiger partial charge in [0.05, 0.1) is 11.7 Å². The lowest BCUT2D eigenvalue weighted by molar-refractivity contribution is -0.123. The minimum absolute atomic E-state index is 0.0868. The van der Waals surface area contributed by atoms with Crippen LogP contribution in [0.25, 0.3) is 0 Å². The number of amides is 1. The van der Waals surface area contributed by atoms with Crippen LogP contribution in [-0.2, 0) is 11.3 Å². The van der Waals surface area contributed by atoms with E-state index in [2.05, 4.69) is 36.5 Å². The topological polar surface area (TPSA) is 59.0 Å². The Kier molecular flexibility index (Phi) is 4.81. The van der Waals surface area contributed by atoms with Crippen molar-refractivity contribution in [2.45, 2.75) is 65.6 Å². The van der Waals surface area contributed by atoms with E-state index >= 15 is 0 Å². The van der Waals surface area contributed by atoms with Crippen molar-refractivity contribution in [1.29, 1.82) is 0 Å². The maximum atomic E-state index is 12.0. The summed E-state index contributed by atoms with van der Waals surface area (Å²) in [6.45, 7) is 10.0. The van der Waals surface area contributed by atoms with Crippen LogP contribution in [0.5, 0.6) is 0 Å². The van der Waals surface area contributed by atoms with Crippen LogP contribution in [0.4, 0.5) is 0 Å². The molecule has 5 nitrogen and oxygen atoms in total. The predicted molar refractivity (Wildman–Crippen MR) is 79.6 cm³/mol. The molecular formula is C15H26N4O. The summed E-state index contributed by atoms with van der Waals surface area (Å²) in [6, 6.07) is 0.0560. The van der Waals surface area contributed by atoms with Crippen molar-refractivity contribution >= 4 is 5.91 Å². The summed E-state index contributed by atoms with van der Waals surface area (Å²) in [6.07, 6.45) is 3.08. The lowest BCUT2D eigenvalue weighted by atomic mass is 10.0. The van der Waals surface area contributed by atoms with Gasteiger partial charge in [0.15, 0.2) is 0 Å². The van der Waals surface area contributed by atoms with E-state index < -0.39 is 0 Å². The fraction of sp³-hybridized carbons (Fsp3) is 0.733. The molecule has 2 unspecified atom stereocenters. The number of nitrogens with one attached hydrogen (secondary N) is 2. The minimum Gasteiger partial charge on any atom is -0.355 e. The molecule has 2 atom stereocenters. The SMILES string of the molecule is CCn1nc(C)c(C(C)NC2CCCCNC2=O)c1C. The van der Waals surface area contributed by atoms with E-state index in [9.17, 15) is 4.79 Å². The second-order valence-corrected chi connectivity index (χ2v) is 5.63. The first-order valence-corrected chi connectivity index (χ1v) is 7.62. The van der Waals surface area contributed by atoms with Crippen LogP contribution in [-0.4, -0.2) is 28.3 Å². The molecule has 20 heavy (non-hydrogen) atoms. The first-order chi connectivity index (χ1) is 9.54. The van der Waals surface area contributed by atoms with Gasteiger partial charge in [0.25, 0.3) is 0 Å². The minimum atomic E-state index is -0.0868. The number of carbonyl (C=O) groups excluding carboxylic acids is 1. The van der Waals surface area contributed by atoms with Gasteiger partial charge in [-0.05, 0) is 47.0 Å². The first kappa shape index (κ1) is 15.0. The lowest BCUT2D eigenvalue weighted by Crippen LogP contribution is -2.43. The summed E-state index contributed by atoms with van der Waals surface area (Å²) in [5.74, 6) is 0.132. The molecule has 0 aromatic carbocycles. The van der Waals surface area contributed by atoms with Gasteiger partial charge in [-0.2, -0.15) is 5.10 Å². The Morgan fingerprint density at radius 2 is 2.20 bits per heavy atom. The third-order valence-electron chi connectivity index (χ3n) is 4.16. The summed E-state index contributed by atoms with van der Waals surface area (Å²) in [7, 11) is 0. The standard InChI is InChI=1S/C15H26N4O/c1-5-19-12(4)14(11(3)18-19)10(2)17-13-8-6-7-9-16-15(13)20/h10,13,17H,5-9H2,1-4H3,(H,16,20). The zero-order valence-electron chi connectivity index (χ0n) is 13.0. The highest BCUT2D eigenvalue weighted by Gasteiger charge is 2.25. The molecule has 1 aliphatic heterocycles. The summed E-state index contributed by atoms with van der Waals surface area (Å²) >= 11 is 0. The second-order valence-electron chi connectivity index (χ2n) is 5.63. The van der Waals surface area contributed by atoms with Crippen molar-refractivity contribution in [2.75, 3.05) is 6.54 Å². The van der Waals surface area contributed by atoms with Gasteiger partial charge < -0.3 is 5.32 Å². The Bertz CT molecular complexity index is 480. The third kappa shape index (κ3) is 3.03. The zero-order valence-corrected chi connectivity index (χ0v) is 13.0. The van der Waals surface area contributed by atoms with E-state index in [1.807, 2.05) is 11.6 Å². The van der Waals surface area contributed by atoms with Gasteiger partial charge in [0.2, 0.25) is 5.91 Å². The molecule has 1 saturated heterocycles. The first-order valence-electron chi connectivity index (χ1n) is 7.62. The maximum Gasteiger partial charge on any atom is 0.237 e. The fourth-order valence-electron chi connectivity index (χ4n) is 3.13. The predicted octanol–water partition coefficient (Wildman–Crippen LogP) is 1.84. The molecule has 112 valence electrons. The van der Waals surface area contributed by atoms with Crippen molar-refractivity contribution in [3.63, 3.8) is 0 Å². The Balaban J connectivity index is 2.13. The van der Waals surface area contributed by atoms with Crippen molar-refractivity contribution in [2.24, 2.45) is 0 Å². The molecule has 1 amide bonds. The highest BCUT2D eigenvalue weighted by Crippen LogP contribution is 2.22. The van der Waals surface area contributed by atoms with Crippen molar-refractivity contribution in [3.05, 3.63) is 17.0 Å². The van der Waals surface area contributed by atoms with E-state index in [4.69, 9.17) is 0 Å². The maximum absolute atomic E-state index is 12.0. The van der Waals surface area contributed by atoms with Crippen LogP contribution in [0.3, 0.4) is 0 Å². The van der Waals surface area contributed by atoms with Gasteiger partial charge in [0, 0.05) is 30.4 Å². The highest BCUT2D eigenvalue weighted by atomic mass is 16.2. The van der Waals surface area contributed by atoms with E-state index in [0.717, 1.165) is 38.0 Å². The van der Waals surface area contributed by atoms with Gasteiger partial charge in [-0.15, -0.1) is 0 Å². The summed E-state index contributed by atoms with van der Waals surface area (Å²) in [5.41, 5.74) is 3.47. The molecule has 1 aromatic heterocycles. The summed E-state index contributed by atoms with van der Waals surface area (Å²) in [4.78, 5) is 12.0. The van der Waals surface area contributed by atoms with E-state index in [1.165, 1.54) is 11.3 Å².